The van der Waals surface area contributed by atoms with Crippen LogP contribution in [0.15, 0.2) is 29.2 Å². The van der Waals surface area contributed by atoms with E-state index < -0.39 is 0 Å². The van der Waals surface area contributed by atoms with E-state index in [2.05, 4.69) is 17.9 Å². The van der Waals surface area contributed by atoms with E-state index >= 15 is 0 Å². The monoisotopic (exact) mass is 267 g/mol. The van der Waals surface area contributed by atoms with Crippen molar-refractivity contribution in [1.82, 2.24) is 5.32 Å². The number of carbonyl (C=O) groups is 1. The number of benzene rings is 1. The summed E-state index contributed by atoms with van der Waals surface area (Å²) in [6, 6.07) is 8.12. The van der Waals surface area contributed by atoms with Gasteiger partial charge in [0.2, 0.25) is 5.91 Å². The van der Waals surface area contributed by atoms with Gasteiger partial charge in [0.15, 0.2) is 0 Å². The van der Waals surface area contributed by atoms with Gasteiger partial charge in [-0.05, 0) is 36.3 Å². The average Bonchev–Trinajstić information content (AvgIpc) is 2.33. The molecule has 1 aliphatic heterocycles. The standard InChI is InChI=1S/C13H17NOS2/c15-13(14-11-2-1-7-17-9-11)8-10-3-5-12(16)6-4-10/h3-6,11,16H,1-2,7-9H2,(H,14,15). The van der Waals surface area contributed by atoms with E-state index in [0.717, 1.165) is 22.6 Å². The van der Waals surface area contributed by atoms with Crippen molar-refractivity contribution in [3.63, 3.8) is 0 Å². The summed E-state index contributed by atoms with van der Waals surface area (Å²) in [6.07, 6.45) is 2.80. The normalized spacial score (nSPS) is 19.9. The van der Waals surface area contributed by atoms with E-state index in [1.807, 2.05) is 36.0 Å². The first-order chi connectivity index (χ1) is 8.24. The molecule has 1 N–H and O–H groups in total. The van der Waals surface area contributed by atoms with Gasteiger partial charge < -0.3 is 5.32 Å². The number of thiol groups is 1. The second-order valence-electron chi connectivity index (χ2n) is 4.32. The minimum atomic E-state index is 0.129. The maximum absolute atomic E-state index is 11.8. The lowest BCUT2D eigenvalue weighted by atomic mass is 10.1. The van der Waals surface area contributed by atoms with Gasteiger partial charge in [0, 0.05) is 16.7 Å². The zero-order valence-corrected chi connectivity index (χ0v) is 11.4. The summed E-state index contributed by atoms with van der Waals surface area (Å²) in [4.78, 5) is 12.8. The van der Waals surface area contributed by atoms with Crippen molar-refractivity contribution in [2.24, 2.45) is 0 Å². The maximum Gasteiger partial charge on any atom is 0.224 e. The average molecular weight is 267 g/mol. The highest BCUT2D eigenvalue weighted by Gasteiger charge is 2.15. The summed E-state index contributed by atoms with van der Waals surface area (Å²) in [5.41, 5.74) is 1.05. The van der Waals surface area contributed by atoms with E-state index in [1.165, 1.54) is 12.2 Å². The number of rotatable bonds is 3. The number of thioether (sulfide) groups is 1. The molecule has 2 rings (SSSR count). The second-order valence-corrected chi connectivity index (χ2v) is 5.99. The van der Waals surface area contributed by atoms with Crippen molar-refractivity contribution < 1.29 is 4.79 Å². The molecule has 0 aromatic heterocycles. The Morgan fingerprint density at radius 1 is 1.41 bits per heavy atom. The molecule has 1 aromatic rings. The van der Waals surface area contributed by atoms with Crippen molar-refractivity contribution >= 4 is 30.3 Å². The Bertz CT molecular complexity index is 372. The van der Waals surface area contributed by atoms with Crippen LogP contribution >= 0.6 is 24.4 Å². The highest BCUT2D eigenvalue weighted by Crippen LogP contribution is 2.17. The molecule has 2 nitrogen and oxygen atoms in total. The molecule has 1 aromatic carbocycles. The molecular formula is C13H17NOS2. The predicted molar refractivity (Wildman–Crippen MR) is 75.9 cm³/mol. The van der Waals surface area contributed by atoms with E-state index in [4.69, 9.17) is 0 Å². The van der Waals surface area contributed by atoms with E-state index in [0.29, 0.717) is 12.5 Å². The van der Waals surface area contributed by atoms with Gasteiger partial charge in [0.1, 0.15) is 0 Å². The minimum absolute atomic E-state index is 0.129. The molecule has 0 spiro atoms. The Morgan fingerprint density at radius 2 is 2.18 bits per heavy atom. The smallest absolute Gasteiger partial charge is 0.224 e. The molecule has 0 radical (unpaired) electrons. The molecule has 1 saturated heterocycles. The third-order valence-corrected chi connectivity index (χ3v) is 4.34. The molecule has 0 saturated carbocycles. The van der Waals surface area contributed by atoms with Gasteiger partial charge >= 0.3 is 0 Å². The molecule has 4 heteroatoms. The molecule has 17 heavy (non-hydrogen) atoms. The van der Waals surface area contributed by atoms with Crippen LogP contribution in [0.5, 0.6) is 0 Å². The lowest BCUT2D eigenvalue weighted by Gasteiger charge is -2.22. The summed E-state index contributed by atoms with van der Waals surface area (Å²) in [6.45, 7) is 0. The van der Waals surface area contributed by atoms with Crippen LogP contribution < -0.4 is 5.32 Å². The maximum atomic E-state index is 11.8. The van der Waals surface area contributed by atoms with E-state index in [9.17, 15) is 4.79 Å². The SMILES string of the molecule is O=C(Cc1ccc(S)cc1)NC1CCCSC1. The van der Waals surface area contributed by atoms with Gasteiger partial charge in [0.25, 0.3) is 0 Å². The lowest BCUT2D eigenvalue weighted by Crippen LogP contribution is -2.39. The fourth-order valence-electron chi connectivity index (χ4n) is 1.93. The van der Waals surface area contributed by atoms with Crippen LogP contribution in [0.4, 0.5) is 0 Å². The first-order valence-corrected chi connectivity index (χ1v) is 7.49. The predicted octanol–water partition coefficient (Wildman–Crippen LogP) is 2.53. The molecule has 0 bridgehead atoms. The Kier molecular flexibility index (Phi) is 4.80. The van der Waals surface area contributed by atoms with Crippen molar-refractivity contribution in [2.75, 3.05) is 11.5 Å². The highest BCUT2D eigenvalue weighted by atomic mass is 32.2. The first kappa shape index (κ1) is 12.8. The Balaban J connectivity index is 1.82. The van der Waals surface area contributed by atoms with Crippen LogP contribution in [0.1, 0.15) is 18.4 Å². The third-order valence-electron chi connectivity index (χ3n) is 2.83. The fraction of sp³-hybridized carbons (Fsp3) is 0.462. The zero-order valence-electron chi connectivity index (χ0n) is 9.69. The molecule has 1 unspecified atom stereocenters. The van der Waals surface area contributed by atoms with Gasteiger partial charge in [-0.3, -0.25) is 4.79 Å². The molecular weight excluding hydrogens is 250 g/mol. The van der Waals surface area contributed by atoms with Crippen molar-refractivity contribution in [2.45, 2.75) is 30.2 Å². The molecule has 1 aliphatic rings. The van der Waals surface area contributed by atoms with Crippen LogP contribution in [0.25, 0.3) is 0 Å². The highest BCUT2D eigenvalue weighted by molar-refractivity contribution is 7.99. The quantitative estimate of drug-likeness (QED) is 0.824. The topological polar surface area (TPSA) is 29.1 Å². The molecule has 1 amide bonds. The Labute approximate surface area is 112 Å². The van der Waals surface area contributed by atoms with Crippen LogP contribution in [0, 0.1) is 0 Å². The van der Waals surface area contributed by atoms with Crippen molar-refractivity contribution in [3.8, 4) is 0 Å². The van der Waals surface area contributed by atoms with Crippen molar-refractivity contribution in [1.29, 1.82) is 0 Å². The third kappa shape index (κ3) is 4.28. The van der Waals surface area contributed by atoms with Crippen molar-refractivity contribution in [3.05, 3.63) is 29.8 Å². The number of nitrogens with one attached hydrogen (secondary N) is 1. The number of hydrogen-bond acceptors (Lipinski definition) is 3. The van der Waals surface area contributed by atoms with Crippen LogP contribution in [0.3, 0.4) is 0 Å². The Morgan fingerprint density at radius 3 is 2.82 bits per heavy atom. The molecule has 92 valence electrons. The fourth-order valence-corrected chi connectivity index (χ4v) is 3.15. The number of hydrogen-bond donors (Lipinski definition) is 2. The summed E-state index contributed by atoms with van der Waals surface area (Å²) < 4.78 is 0. The molecule has 1 heterocycles. The minimum Gasteiger partial charge on any atom is -0.352 e. The Hall–Kier alpha value is -0.610. The number of amides is 1. The summed E-state index contributed by atoms with van der Waals surface area (Å²) in [7, 11) is 0. The zero-order chi connectivity index (χ0) is 12.1. The number of carbonyl (C=O) groups excluding carboxylic acids is 1. The lowest BCUT2D eigenvalue weighted by molar-refractivity contribution is -0.121. The van der Waals surface area contributed by atoms with Crippen LogP contribution in [-0.4, -0.2) is 23.5 Å². The summed E-state index contributed by atoms with van der Waals surface area (Å²) in [5.74, 6) is 2.42. The second kappa shape index (κ2) is 6.36. The van der Waals surface area contributed by atoms with Gasteiger partial charge in [0.05, 0.1) is 6.42 Å². The molecule has 0 aliphatic carbocycles. The molecule has 1 fully saturated rings. The molecule has 1 atom stereocenters. The van der Waals surface area contributed by atoms with Gasteiger partial charge in [-0.15, -0.1) is 12.6 Å². The van der Waals surface area contributed by atoms with Gasteiger partial charge in [-0.1, -0.05) is 12.1 Å². The van der Waals surface area contributed by atoms with Gasteiger partial charge in [-0.25, -0.2) is 0 Å². The van der Waals surface area contributed by atoms with Gasteiger partial charge in [-0.2, -0.15) is 11.8 Å². The first-order valence-electron chi connectivity index (χ1n) is 5.89. The van der Waals surface area contributed by atoms with E-state index in [1.54, 1.807) is 0 Å². The van der Waals surface area contributed by atoms with Crippen LogP contribution in [-0.2, 0) is 11.2 Å². The summed E-state index contributed by atoms with van der Waals surface area (Å²) in [5, 5.41) is 3.10. The largest absolute Gasteiger partial charge is 0.352 e. The summed E-state index contributed by atoms with van der Waals surface area (Å²) >= 11 is 6.15. The van der Waals surface area contributed by atoms with E-state index in [-0.39, 0.29) is 5.91 Å². The van der Waals surface area contributed by atoms with Crippen LogP contribution in [0.2, 0.25) is 0 Å².